The van der Waals surface area contributed by atoms with Gasteiger partial charge in [-0.05, 0) is 66.5 Å². The predicted molar refractivity (Wildman–Crippen MR) is 176 cm³/mol. The molecule has 0 radical (unpaired) electrons. The van der Waals surface area contributed by atoms with E-state index >= 15 is 4.39 Å². The van der Waals surface area contributed by atoms with Crippen LogP contribution in [0.5, 0.6) is 0 Å². The average Bonchev–Trinajstić information content (AvgIpc) is 3.59. The zero-order chi connectivity index (χ0) is 32.7. The zero-order valence-corrected chi connectivity index (χ0v) is 28.5. The highest BCUT2D eigenvalue weighted by Gasteiger charge is 2.47. The summed E-state index contributed by atoms with van der Waals surface area (Å²) in [5.74, 6) is 0. The second kappa shape index (κ2) is 15.5. The molecular formula is C30H43FN5O5PS2. The summed E-state index contributed by atoms with van der Waals surface area (Å²) in [6.07, 6.45) is 2.22. The summed E-state index contributed by atoms with van der Waals surface area (Å²) in [4.78, 5) is 31.4. The molecule has 44 heavy (non-hydrogen) atoms. The number of halogens is 1. The fraction of sp³-hybridized carbons (Fsp3) is 0.567. The van der Waals surface area contributed by atoms with E-state index in [1.807, 2.05) is 52.4 Å². The molecule has 0 aliphatic carbocycles. The molecule has 1 N–H and O–H groups in total. The minimum Gasteiger partial charge on any atom is -0.349 e. The number of nitrogens with zero attached hydrogens (tertiary/aromatic N) is 4. The highest BCUT2D eigenvalue weighted by Crippen LogP contribution is 2.50. The van der Waals surface area contributed by atoms with Crippen LogP contribution in [0, 0.1) is 0 Å². The summed E-state index contributed by atoms with van der Waals surface area (Å²) in [6.45, 7) is 13.4. The number of alkyl halides is 1. The number of aromatic amines is 1. The molecule has 5 atom stereocenters. The van der Waals surface area contributed by atoms with E-state index in [1.54, 1.807) is 27.8 Å². The van der Waals surface area contributed by atoms with Crippen LogP contribution in [0.2, 0.25) is 0 Å². The molecule has 0 bridgehead atoms. The number of nitrogens with one attached hydrogen (secondary N) is 1. The third kappa shape index (κ3) is 9.05. The van der Waals surface area contributed by atoms with Gasteiger partial charge in [0.1, 0.15) is 6.10 Å². The molecule has 1 aliphatic heterocycles. The van der Waals surface area contributed by atoms with Gasteiger partial charge < -0.3 is 18.4 Å². The van der Waals surface area contributed by atoms with Gasteiger partial charge in [0.25, 0.3) is 14.1 Å². The quantitative estimate of drug-likeness (QED) is 0.150. The molecular weight excluding hydrogens is 624 g/mol. The van der Waals surface area contributed by atoms with Crippen molar-refractivity contribution in [2.24, 2.45) is 0 Å². The van der Waals surface area contributed by atoms with E-state index in [2.05, 4.69) is 45.2 Å². The van der Waals surface area contributed by atoms with Gasteiger partial charge in [0.05, 0.1) is 19.0 Å². The van der Waals surface area contributed by atoms with Crippen molar-refractivity contribution >= 4 is 30.1 Å². The summed E-state index contributed by atoms with van der Waals surface area (Å²) in [5, 5.41) is 0. The Bertz CT molecular complexity index is 1470. The summed E-state index contributed by atoms with van der Waals surface area (Å²) in [6, 6.07) is 9.42. The molecule has 3 heterocycles. The molecule has 1 aromatic carbocycles. The molecule has 0 saturated carbocycles. The van der Waals surface area contributed by atoms with Gasteiger partial charge in [-0.25, -0.2) is 18.8 Å². The second-order valence-electron chi connectivity index (χ2n) is 11.8. The molecule has 0 spiro atoms. The van der Waals surface area contributed by atoms with Crippen LogP contribution >= 0.6 is 30.1 Å². The number of imidazole rings is 1. The van der Waals surface area contributed by atoms with Crippen molar-refractivity contribution in [1.29, 1.82) is 0 Å². The van der Waals surface area contributed by atoms with Gasteiger partial charge >= 0.3 is 5.69 Å². The standard InChI is InChI=1S/C30H43FN5O5PS2/c1-20(2)36(21(3)4)42(41-27-22(5)40-28(26(27)31)35-15-12-25(37)33-29(35)38)39-17-13-23-10-8-9-11-24(23)43-44-30(6,7)18-34-16-14-32-19-34/h8-12,14-16,19-22,26-28H,13,17-18H2,1-7H3,(H,33,37,38)/t22-,26+,27?,28-,42?/m1/s1/i5D. The van der Waals surface area contributed by atoms with Gasteiger partial charge in [0.2, 0.25) is 0 Å². The van der Waals surface area contributed by atoms with Crippen LogP contribution < -0.4 is 11.2 Å². The van der Waals surface area contributed by atoms with E-state index in [9.17, 15) is 9.59 Å². The van der Waals surface area contributed by atoms with Crippen molar-refractivity contribution in [2.45, 2.75) is 108 Å². The first-order chi connectivity index (χ1) is 21.4. The van der Waals surface area contributed by atoms with Gasteiger partial charge in [-0.1, -0.05) is 39.8 Å². The van der Waals surface area contributed by atoms with Crippen LogP contribution in [0.15, 0.2) is 69.7 Å². The van der Waals surface area contributed by atoms with Crippen molar-refractivity contribution in [2.75, 3.05) is 6.61 Å². The summed E-state index contributed by atoms with van der Waals surface area (Å²) in [5.41, 5.74) is -0.241. The van der Waals surface area contributed by atoms with Gasteiger partial charge in [-0.3, -0.25) is 14.3 Å². The maximum atomic E-state index is 16.0. The Labute approximate surface area is 268 Å². The first-order valence-corrected chi connectivity index (χ1v) is 17.9. The van der Waals surface area contributed by atoms with E-state index < -0.39 is 44.4 Å². The molecule has 1 saturated heterocycles. The molecule has 2 unspecified atom stereocenters. The summed E-state index contributed by atoms with van der Waals surface area (Å²) in [7, 11) is 1.77. The highest BCUT2D eigenvalue weighted by atomic mass is 33.1. The van der Waals surface area contributed by atoms with E-state index in [4.69, 9.17) is 15.2 Å². The lowest BCUT2D eigenvalue weighted by Crippen LogP contribution is -2.38. The van der Waals surface area contributed by atoms with Crippen molar-refractivity contribution < 1.29 is 19.5 Å². The Kier molecular flexibility index (Phi) is 11.8. The molecule has 1 aliphatic rings. The van der Waals surface area contributed by atoms with Gasteiger partial charge in [0, 0.05) is 54.3 Å². The van der Waals surface area contributed by atoms with Crippen LogP contribution in [0.25, 0.3) is 0 Å². The Morgan fingerprint density at radius 1 is 1.20 bits per heavy atom. The predicted octanol–water partition coefficient (Wildman–Crippen LogP) is 6.20. The summed E-state index contributed by atoms with van der Waals surface area (Å²) < 4.78 is 47.7. The topological polar surface area (TPSA) is 104 Å². The Balaban J connectivity index is 1.46. The fourth-order valence-corrected chi connectivity index (χ4v) is 9.22. The van der Waals surface area contributed by atoms with Crippen molar-refractivity contribution in [3.63, 3.8) is 0 Å². The Hall–Kier alpha value is -1.99. The first kappa shape index (κ1) is 33.4. The normalized spacial score (nSPS) is 21.8. The lowest BCUT2D eigenvalue weighted by molar-refractivity contribution is -0.0180. The Morgan fingerprint density at radius 3 is 2.61 bits per heavy atom. The molecule has 242 valence electrons. The van der Waals surface area contributed by atoms with Crippen LogP contribution in [-0.2, 0) is 26.7 Å². The second-order valence-corrected chi connectivity index (χ2v) is 16.0. The van der Waals surface area contributed by atoms with Crippen molar-refractivity contribution in [3.8, 4) is 0 Å². The van der Waals surface area contributed by atoms with Crippen LogP contribution in [0.1, 0.15) is 61.6 Å². The third-order valence-corrected chi connectivity index (χ3v) is 12.4. The van der Waals surface area contributed by atoms with Crippen molar-refractivity contribution in [1.82, 2.24) is 23.8 Å². The molecule has 0 amide bonds. The third-order valence-electron chi connectivity index (χ3n) is 6.88. The van der Waals surface area contributed by atoms with E-state index in [1.165, 1.54) is 6.20 Å². The maximum absolute atomic E-state index is 16.0. The number of benzene rings is 1. The number of hydrogen-bond acceptors (Lipinski definition) is 9. The molecule has 3 aromatic rings. The maximum Gasteiger partial charge on any atom is 0.330 e. The minimum absolute atomic E-state index is 0.0283. The summed E-state index contributed by atoms with van der Waals surface area (Å²) >= 11 is 0. The lowest BCUT2D eigenvalue weighted by Gasteiger charge is -2.37. The van der Waals surface area contributed by atoms with Crippen LogP contribution in [0.3, 0.4) is 0 Å². The largest absolute Gasteiger partial charge is 0.349 e. The number of ether oxygens (including phenoxy) is 1. The van der Waals surface area contributed by atoms with Crippen molar-refractivity contribution in [3.05, 3.63) is 81.7 Å². The van der Waals surface area contributed by atoms with E-state index in [0.717, 1.165) is 27.6 Å². The van der Waals surface area contributed by atoms with E-state index in [-0.39, 0.29) is 23.7 Å². The van der Waals surface area contributed by atoms with Gasteiger partial charge in [0.15, 0.2) is 12.4 Å². The molecule has 4 rings (SSSR count). The first-order valence-electron chi connectivity index (χ1n) is 15.3. The van der Waals surface area contributed by atoms with E-state index in [0.29, 0.717) is 13.0 Å². The Morgan fingerprint density at radius 2 is 1.95 bits per heavy atom. The number of rotatable bonds is 15. The SMILES string of the molecule is [2H]C[C@H]1O[C@@H](n2ccc(=O)[nH]c2=O)[C@@H](F)C1OP(OCCc1ccccc1SSC(C)(C)Cn1ccnc1)N(C(C)C)C(C)C. The lowest BCUT2D eigenvalue weighted by atomic mass is 10.2. The fourth-order valence-electron chi connectivity index (χ4n) is 4.93. The highest BCUT2D eigenvalue weighted by molar-refractivity contribution is 8.77. The molecule has 10 nitrogen and oxygen atoms in total. The smallest absolute Gasteiger partial charge is 0.330 e. The van der Waals surface area contributed by atoms with Crippen LogP contribution in [0.4, 0.5) is 4.39 Å². The van der Waals surface area contributed by atoms with Gasteiger partial charge in [-0.15, -0.1) is 0 Å². The molecule has 14 heteroatoms. The van der Waals surface area contributed by atoms with Gasteiger partial charge in [-0.2, -0.15) is 0 Å². The number of hydrogen-bond donors (Lipinski definition) is 1. The number of H-pyrrole nitrogens is 1. The zero-order valence-electron chi connectivity index (χ0n) is 27.0. The number of aromatic nitrogens is 4. The molecule has 2 aromatic heterocycles. The average molecular weight is 669 g/mol. The molecule has 1 fully saturated rings. The minimum atomic E-state index is -1.77. The van der Waals surface area contributed by atoms with Crippen LogP contribution in [-0.4, -0.2) is 65.6 Å². The monoisotopic (exact) mass is 668 g/mol.